The number of hydrogen-bond acceptors (Lipinski definition) is 6. The van der Waals surface area contributed by atoms with Gasteiger partial charge in [0.05, 0.1) is 79.5 Å². The van der Waals surface area contributed by atoms with Crippen molar-refractivity contribution < 1.29 is 29.4 Å². The second-order valence-corrected chi connectivity index (χ2v) is 25.3. The lowest BCUT2D eigenvalue weighted by molar-refractivity contribution is -0.830. The quantitative estimate of drug-likeness (QED) is 0.0294. The molecular weight excluding hydrogens is 1230 g/mol. The minimum atomic E-state index is 1.14. The van der Waals surface area contributed by atoms with E-state index in [-0.39, 0.29) is 0 Å². The number of quaternary nitrogens is 6. The Labute approximate surface area is 624 Å². The molecule has 0 aromatic heterocycles. The molecule has 0 heterocycles. The van der Waals surface area contributed by atoms with E-state index in [9.17, 15) is 0 Å². The van der Waals surface area contributed by atoms with Gasteiger partial charge >= 0.3 is 0 Å². The van der Waals surface area contributed by atoms with Gasteiger partial charge in [-0.15, -0.1) is 0 Å². The van der Waals surface area contributed by atoms with Crippen LogP contribution in [0.2, 0.25) is 0 Å². The SMILES string of the molecule is CCCN(C)CC.CCC[NH+](CC)c1ccccc1.CCN(C)C.CCN(C)C.CCN(C)CC.CCN(C)CC.CCN(C)CC.CC[NH+](C)c1ccccc1.CC[NH+](C)c1ccccc1.CC[NH+](CC)c1ccccc1.CC[NH+](CC)c1ccccc1.CC[NH+](CC)c1ccccc1. The third kappa shape index (κ3) is 66.1. The lowest BCUT2D eigenvalue weighted by atomic mass is 10.3. The Bertz CT molecular complexity index is 2190. The first-order valence-electron chi connectivity index (χ1n) is 39.4. The minimum Gasteiger partial charge on any atom is -0.310 e. The van der Waals surface area contributed by atoms with Gasteiger partial charge in [0, 0.05) is 0 Å². The van der Waals surface area contributed by atoms with Gasteiger partial charge in [-0.2, -0.15) is 0 Å². The van der Waals surface area contributed by atoms with E-state index in [4.69, 9.17) is 0 Å². The van der Waals surface area contributed by atoms with Crippen LogP contribution in [-0.4, -0.2) is 231 Å². The van der Waals surface area contributed by atoms with Crippen molar-refractivity contribution in [2.45, 2.75) is 151 Å². The molecule has 6 aromatic rings. The van der Waals surface area contributed by atoms with Crippen LogP contribution in [0.5, 0.6) is 0 Å². The smallest absolute Gasteiger partial charge is 0.131 e. The lowest BCUT2D eigenvalue weighted by Gasteiger charge is -2.15. The van der Waals surface area contributed by atoms with E-state index >= 15 is 0 Å². The van der Waals surface area contributed by atoms with E-state index in [1.54, 1.807) is 19.6 Å². The van der Waals surface area contributed by atoms with Crippen molar-refractivity contribution in [3.63, 3.8) is 0 Å². The summed E-state index contributed by atoms with van der Waals surface area (Å²) in [7, 11) is 21.0. The largest absolute Gasteiger partial charge is 0.310 e. The van der Waals surface area contributed by atoms with Crippen LogP contribution in [0.4, 0.5) is 34.1 Å². The number of nitrogens with zero attached hydrogens (tertiary/aromatic N) is 6. The van der Waals surface area contributed by atoms with Crippen molar-refractivity contribution in [1.82, 2.24) is 29.4 Å². The Morgan fingerprint density at radius 2 is 0.390 bits per heavy atom. The highest BCUT2D eigenvalue weighted by Gasteiger charge is 2.08. The zero-order valence-corrected chi connectivity index (χ0v) is 71.6. The van der Waals surface area contributed by atoms with Crippen LogP contribution in [0.15, 0.2) is 182 Å². The van der Waals surface area contributed by atoms with Gasteiger partial charge in [0.1, 0.15) is 34.1 Å². The Morgan fingerprint density at radius 1 is 0.210 bits per heavy atom. The Hall–Kier alpha value is -5.16. The first-order valence-corrected chi connectivity index (χ1v) is 39.4. The molecule has 0 saturated heterocycles. The topological polar surface area (TPSA) is 46.1 Å². The van der Waals surface area contributed by atoms with E-state index in [1.165, 1.54) is 122 Å². The van der Waals surface area contributed by atoms with Crippen molar-refractivity contribution in [2.24, 2.45) is 0 Å². The maximum absolute atomic E-state index is 2.31. The summed E-state index contributed by atoms with van der Waals surface area (Å²) in [6.45, 7) is 67.1. The van der Waals surface area contributed by atoms with E-state index < -0.39 is 0 Å². The molecule has 6 rings (SSSR count). The van der Waals surface area contributed by atoms with Crippen LogP contribution in [-0.2, 0) is 0 Å². The molecule has 0 saturated carbocycles. The summed E-state index contributed by atoms with van der Waals surface area (Å²) in [5.74, 6) is 0. The molecule has 0 aliphatic heterocycles. The van der Waals surface area contributed by atoms with Gasteiger partial charge in [-0.3, -0.25) is 0 Å². The minimum absolute atomic E-state index is 1.14. The van der Waals surface area contributed by atoms with E-state index in [2.05, 4.69) is 408 Å². The first-order chi connectivity index (χ1) is 48.0. The molecule has 0 aliphatic rings. The van der Waals surface area contributed by atoms with Gasteiger partial charge in [-0.05, 0) is 270 Å². The molecule has 12 nitrogen and oxygen atoms in total. The molecule has 0 fully saturated rings. The summed E-state index contributed by atoms with van der Waals surface area (Å²) in [4.78, 5) is 22.4. The first kappa shape index (κ1) is 106. The number of rotatable bonds is 28. The maximum atomic E-state index is 2.31. The molecular formula is C88H170N12+6. The highest BCUT2D eigenvalue weighted by Crippen LogP contribution is 2.02. The standard InChI is InChI=1S/C11H17N.3C10H15N.2C9H13N.C6H15N.3C5H13N.2C4H11N/c1-3-10-12(4-2)11-8-6-5-7-9-11;3*1-3-11(4-2)10-8-6-5-7-9-10;2*1-3-10(2)9-7-5-4-6-8-9;1-4-6-7(3)5-2;3*1-4-6(3)5-2;2*1-4-5(2)3/h5-9H,3-4,10H2,1-2H3;3*5-9H,3-4H2,1-2H3;2*4-8H,3H2,1-2H3;4-6H2,1-3H3;3*4-5H2,1-3H3;2*4H2,1-3H3/p+6. The fourth-order valence-electron chi connectivity index (χ4n) is 8.56. The average molecular weight is 1400 g/mol. The maximum Gasteiger partial charge on any atom is 0.131 e. The molecule has 3 unspecified atom stereocenters. The van der Waals surface area contributed by atoms with Gasteiger partial charge in [0.25, 0.3) is 0 Å². The lowest BCUT2D eigenvalue weighted by Crippen LogP contribution is -3.06. The predicted octanol–water partition coefficient (Wildman–Crippen LogP) is 12.4. The van der Waals surface area contributed by atoms with Crippen LogP contribution in [0.25, 0.3) is 0 Å². The average Bonchev–Trinajstić information content (AvgIpc) is 1.08. The summed E-state index contributed by atoms with van der Waals surface area (Å²) >= 11 is 0. The second-order valence-electron chi connectivity index (χ2n) is 25.3. The normalized spacial score (nSPS) is 11.1. The van der Waals surface area contributed by atoms with E-state index in [0.717, 1.165) is 65.4 Å². The monoisotopic (exact) mass is 1400 g/mol. The van der Waals surface area contributed by atoms with Crippen molar-refractivity contribution in [3.05, 3.63) is 182 Å². The summed E-state index contributed by atoms with van der Waals surface area (Å²) in [5, 5.41) is 0. The van der Waals surface area contributed by atoms with Gasteiger partial charge in [0.2, 0.25) is 0 Å². The van der Waals surface area contributed by atoms with Crippen molar-refractivity contribution >= 4 is 34.1 Å². The fraction of sp³-hybridized carbons (Fsp3) is 0.591. The zero-order valence-electron chi connectivity index (χ0n) is 71.6. The number of nitrogens with one attached hydrogen (secondary N) is 6. The van der Waals surface area contributed by atoms with Gasteiger partial charge < -0.3 is 58.8 Å². The second kappa shape index (κ2) is 79.5. The highest BCUT2D eigenvalue weighted by atomic mass is 15.1. The summed E-state index contributed by atoms with van der Waals surface area (Å²) < 4.78 is 0. The third-order valence-electron chi connectivity index (χ3n) is 17.5. The molecule has 6 aromatic carbocycles. The Balaban J connectivity index is -0.000000244. The Morgan fingerprint density at radius 3 is 0.510 bits per heavy atom. The molecule has 0 radical (unpaired) electrons. The molecule has 0 bridgehead atoms. The molecule has 0 spiro atoms. The number of hydrogen-bond donors (Lipinski definition) is 6. The van der Waals surface area contributed by atoms with Crippen LogP contribution in [0, 0.1) is 0 Å². The summed E-state index contributed by atoms with van der Waals surface area (Å²) in [6.07, 6.45) is 2.52. The van der Waals surface area contributed by atoms with Crippen LogP contribution in [0.1, 0.15) is 151 Å². The zero-order chi connectivity index (χ0) is 77.2. The molecule has 6 N–H and O–H groups in total. The van der Waals surface area contributed by atoms with Crippen molar-refractivity contribution in [1.29, 1.82) is 0 Å². The van der Waals surface area contributed by atoms with Crippen molar-refractivity contribution in [3.8, 4) is 0 Å². The Kier molecular flexibility index (Phi) is 84.2. The molecule has 0 aliphatic carbocycles. The van der Waals surface area contributed by atoms with E-state index in [1.807, 2.05) is 12.1 Å². The molecule has 100 heavy (non-hydrogen) atoms. The number of benzene rings is 6. The highest BCUT2D eigenvalue weighted by molar-refractivity contribution is 5.31. The van der Waals surface area contributed by atoms with E-state index in [0.29, 0.717) is 0 Å². The van der Waals surface area contributed by atoms with Gasteiger partial charge in [0.15, 0.2) is 0 Å². The summed E-state index contributed by atoms with van der Waals surface area (Å²) in [5.41, 5.74) is 8.35. The van der Waals surface area contributed by atoms with Gasteiger partial charge in [-0.25, -0.2) is 0 Å². The van der Waals surface area contributed by atoms with Crippen LogP contribution in [0.3, 0.4) is 0 Å². The summed E-state index contributed by atoms with van der Waals surface area (Å²) in [6, 6.07) is 63.6. The molecule has 0 amide bonds. The fourth-order valence-corrected chi connectivity index (χ4v) is 8.56. The third-order valence-corrected chi connectivity index (χ3v) is 17.5. The molecule has 576 valence electrons. The van der Waals surface area contributed by atoms with Crippen LogP contribution < -0.4 is 29.4 Å². The van der Waals surface area contributed by atoms with Crippen LogP contribution >= 0.6 is 0 Å². The molecule has 3 atom stereocenters. The molecule has 12 heteroatoms. The van der Waals surface area contributed by atoms with Crippen molar-refractivity contribution in [2.75, 3.05) is 201 Å². The van der Waals surface area contributed by atoms with Gasteiger partial charge in [-0.1, -0.05) is 185 Å². The predicted molar refractivity (Wildman–Crippen MR) is 453 cm³/mol. The number of para-hydroxylation sites is 6.